The molecule has 76 valence electrons. The quantitative estimate of drug-likeness (QED) is 0.491. The molecule has 1 aliphatic heterocycles. The van der Waals surface area contributed by atoms with Crippen molar-refractivity contribution in [3.05, 3.63) is 12.7 Å². The van der Waals surface area contributed by atoms with Gasteiger partial charge in [0.05, 0.1) is 11.7 Å². The molecule has 5 atom stereocenters. The maximum atomic E-state index is 9.55. The van der Waals surface area contributed by atoms with E-state index in [-0.39, 0.29) is 5.92 Å². The van der Waals surface area contributed by atoms with E-state index in [0.29, 0.717) is 0 Å². The van der Waals surface area contributed by atoms with Crippen LogP contribution in [0, 0.1) is 5.92 Å². The molecule has 0 aromatic heterocycles. The molecule has 0 aliphatic carbocycles. The van der Waals surface area contributed by atoms with Gasteiger partial charge < -0.3 is 20.1 Å². The van der Waals surface area contributed by atoms with Crippen molar-refractivity contribution in [2.24, 2.45) is 5.92 Å². The molecule has 1 saturated heterocycles. The number of aliphatic hydroxyl groups is 3. The van der Waals surface area contributed by atoms with Gasteiger partial charge in [-0.2, -0.15) is 0 Å². The molecular formula is C9H16O4. The van der Waals surface area contributed by atoms with Crippen LogP contribution in [0.2, 0.25) is 0 Å². The van der Waals surface area contributed by atoms with Crippen molar-refractivity contribution in [3.63, 3.8) is 0 Å². The summed E-state index contributed by atoms with van der Waals surface area (Å²) in [4.78, 5) is 0. The molecule has 1 fully saturated rings. The zero-order chi connectivity index (χ0) is 10.2. The van der Waals surface area contributed by atoms with E-state index in [9.17, 15) is 15.3 Å². The highest BCUT2D eigenvalue weighted by Gasteiger charge is 2.46. The summed E-state index contributed by atoms with van der Waals surface area (Å²) in [6, 6.07) is 0. The third-order valence-electron chi connectivity index (χ3n) is 2.84. The van der Waals surface area contributed by atoms with Gasteiger partial charge >= 0.3 is 0 Å². The summed E-state index contributed by atoms with van der Waals surface area (Å²) in [5.41, 5.74) is -0.794. The highest BCUT2D eigenvalue weighted by atomic mass is 16.6. The molecule has 0 radical (unpaired) electrons. The minimum atomic E-state index is -1.35. The van der Waals surface area contributed by atoms with Crippen LogP contribution in [0.4, 0.5) is 0 Å². The third-order valence-corrected chi connectivity index (χ3v) is 2.84. The third kappa shape index (κ3) is 1.62. The van der Waals surface area contributed by atoms with Gasteiger partial charge in [0.25, 0.3) is 0 Å². The van der Waals surface area contributed by atoms with E-state index in [2.05, 4.69) is 6.58 Å². The Bertz CT molecular complexity index is 206. The lowest BCUT2D eigenvalue weighted by Crippen LogP contribution is -2.58. The van der Waals surface area contributed by atoms with Gasteiger partial charge in [0, 0.05) is 5.92 Å². The number of hydrogen-bond donors (Lipinski definition) is 3. The van der Waals surface area contributed by atoms with Crippen LogP contribution < -0.4 is 0 Å². The van der Waals surface area contributed by atoms with Crippen molar-refractivity contribution in [1.82, 2.24) is 0 Å². The van der Waals surface area contributed by atoms with Gasteiger partial charge in [-0.3, -0.25) is 0 Å². The van der Waals surface area contributed by atoms with Crippen molar-refractivity contribution in [2.45, 2.75) is 37.9 Å². The fourth-order valence-electron chi connectivity index (χ4n) is 1.47. The van der Waals surface area contributed by atoms with Crippen molar-refractivity contribution < 1.29 is 20.1 Å². The van der Waals surface area contributed by atoms with Gasteiger partial charge in [-0.1, -0.05) is 13.0 Å². The lowest BCUT2D eigenvalue weighted by molar-refractivity contribution is -0.285. The van der Waals surface area contributed by atoms with Crippen molar-refractivity contribution in [2.75, 3.05) is 0 Å². The van der Waals surface area contributed by atoms with Gasteiger partial charge in [-0.15, -0.1) is 6.58 Å². The number of hydrogen-bond acceptors (Lipinski definition) is 4. The zero-order valence-corrected chi connectivity index (χ0v) is 7.84. The summed E-state index contributed by atoms with van der Waals surface area (Å²) >= 11 is 0. The molecule has 3 N–H and O–H groups in total. The van der Waals surface area contributed by atoms with E-state index in [0.717, 1.165) is 0 Å². The molecule has 4 heteroatoms. The van der Waals surface area contributed by atoms with Crippen LogP contribution in [0.1, 0.15) is 13.8 Å². The molecule has 0 saturated carbocycles. The Balaban J connectivity index is 2.88. The lowest BCUT2D eigenvalue weighted by atomic mass is 9.81. The monoisotopic (exact) mass is 188 g/mol. The second kappa shape index (κ2) is 3.38. The molecule has 0 spiro atoms. The van der Waals surface area contributed by atoms with Crippen LogP contribution in [0.5, 0.6) is 0 Å². The standard InChI is InChI=1S/C9H16O4/c1-4-9(3)5(2)6(10)7(11)8(12)13-9/h4-8,10-12H,1H2,2-3H3/t5-,6-,7-,8?,9+/m1/s1. The Hall–Kier alpha value is -0.420. The Morgan fingerprint density at radius 3 is 2.31 bits per heavy atom. The molecule has 0 bridgehead atoms. The Kier molecular flexibility index (Phi) is 2.77. The molecule has 1 heterocycles. The molecule has 13 heavy (non-hydrogen) atoms. The van der Waals surface area contributed by atoms with Crippen LogP contribution in [0.15, 0.2) is 12.7 Å². The molecule has 4 nitrogen and oxygen atoms in total. The topological polar surface area (TPSA) is 69.9 Å². The first-order chi connectivity index (χ1) is 5.92. The normalized spacial score (nSPS) is 51.8. The van der Waals surface area contributed by atoms with Crippen molar-refractivity contribution in [1.29, 1.82) is 0 Å². The minimum Gasteiger partial charge on any atom is -0.390 e. The molecule has 1 aliphatic rings. The van der Waals surface area contributed by atoms with E-state index in [4.69, 9.17) is 4.74 Å². The molecule has 0 aromatic rings. The summed E-state index contributed by atoms with van der Waals surface area (Å²) in [6.07, 6.45) is -2.07. The zero-order valence-electron chi connectivity index (χ0n) is 7.84. The fraction of sp³-hybridized carbons (Fsp3) is 0.778. The summed E-state index contributed by atoms with van der Waals surface area (Å²) in [5, 5.41) is 28.1. The van der Waals surface area contributed by atoms with Crippen LogP contribution in [-0.2, 0) is 4.74 Å². The van der Waals surface area contributed by atoms with E-state index < -0.39 is 24.1 Å². The van der Waals surface area contributed by atoms with Gasteiger partial charge in [0.1, 0.15) is 6.10 Å². The molecule has 0 amide bonds. The fourth-order valence-corrected chi connectivity index (χ4v) is 1.47. The van der Waals surface area contributed by atoms with Crippen molar-refractivity contribution in [3.8, 4) is 0 Å². The lowest BCUT2D eigenvalue weighted by Gasteiger charge is -2.45. The molecule has 1 unspecified atom stereocenters. The van der Waals surface area contributed by atoms with Crippen LogP contribution >= 0.6 is 0 Å². The van der Waals surface area contributed by atoms with E-state index >= 15 is 0 Å². The average Bonchev–Trinajstić information content (AvgIpc) is 2.12. The average molecular weight is 188 g/mol. The summed E-state index contributed by atoms with van der Waals surface area (Å²) in [7, 11) is 0. The summed E-state index contributed by atoms with van der Waals surface area (Å²) < 4.78 is 5.15. The highest BCUT2D eigenvalue weighted by Crippen LogP contribution is 2.34. The Morgan fingerprint density at radius 2 is 1.85 bits per heavy atom. The first-order valence-electron chi connectivity index (χ1n) is 4.28. The van der Waals surface area contributed by atoms with E-state index in [1.807, 2.05) is 0 Å². The smallest absolute Gasteiger partial charge is 0.184 e. The number of aliphatic hydroxyl groups excluding tert-OH is 3. The van der Waals surface area contributed by atoms with Crippen LogP contribution in [-0.4, -0.2) is 39.4 Å². The summed E-state index contributed by atoms with van der Waals surface area (Å²) in [6.45, 7) is 7.02. The van der Waals surface area contributed by atoms with Gasteiger partial charge in [-0.25, -0.2) is 0 Å². The number of ether oxygens (including phenoxy) is 1. The highest BCUT2D eigenvalue weighted by molar-refractivity contribution is 5.04. The maximum Gasteiger partial charge on any atom is 0.184 e. The first kappa shape index (κ1) is 10.7. The largest absolute Gasteiger partial charge is 0.390 e. The van der Waals surface area contributed by atoms with Gasteiger partial charge in [-0.05, 0) is 6.92 Å². The van der Waals surface area contributed by atoms with E-state index in [1.165, 1.54) is 6.08 Å². The number of rotatable bonds is 1. The second-order valence-electron chi connectivity index (χ2n) is 3.67. The maximum absolute atomic E-state index is 9.55. The van der Waals surface area contributed by atoms with Gasteiger partial charge in [0.2, 0.25) is 0 Å². The van der Waals surface area contributed by atoms with Crippen LogP contribution in [0.3, 0.4) is 0 Å². The predicted octanol–water partition coefficient (Wildman–Crippen LogP) is -0.362. The second-order valence-corrected chi connectivity index (χ2v) is 3.67. The summed E-state index contributed by atoms with van der Waals surface area (Å²) in [5.74, 6) is -0.302. The first-order valence-corrected chi connectivity index (χ1v) is 4.28. The Morgan fingerprint density at radius 1 is 1.31 bits per heavy atom. The Labute approximate surface area is 77.5 Å². The minimum absolute atomic E-state index is 0.302. The predicted molar refractivity (Wildman–Crippen MR) is 46.9 cm³/mol. The van der Waals surface area contributed by atoms with E-state index in [1.54, 1.807) is 13.8 Å². The van der Waals surface area contributed by atoms with Crippen LogP contribution in [0.25, 0.3) is 0 Å². The molecule has 1 rings (SSSR count). The molecular weight excluding hydrogens is 172 g/mol. The van der Waals surface area contributed by atoms with Gasteiger partial charge in [0.15, 0.2) is 6.29 Å². The van der Waals surface area contributed by atoms with Crippen molar-refractivity contribution >= 4 is 0 Å². The SMILES string of the molecule is C=C[C@]1(C)OC(O)[C@H](O)[C@H](O)[C@H]1C. The molecule has 0 aromatic carbocycles.